The Kier molecular flexibility index (Phi) is 4.87. The van der Waals surface area contributed by atoms with Crippen molar-refractivity contribution in [1.29, 1.82) is 0 Å². The number of nitrogens with zero attached hydrogens (tertiary/aromatic N) is 1. The van der Waals surface area contributed by atoms with Gasteiger partial charge in [-0.1, -0.05) is 6.07 Å². The lowest BCUT2D eigenvalue weighted by Crippen LogP contribution is -2.44. The number of hydrogen-bond donors (Lipinski definition) is 1. The van der Waals surface area contributed by atoms with Crippen molar-refractivity contribution in [2.45, 2.75) is 84.1 Å². The van der Waals surface area contributed by atoms with Crippen molar-refractivity contribution in [2.24, 2.45) is 0 Å². The summed E-state index contributed by atoms with van der Waals surface area (Å²) < 4.78 is 10.9. The number of rotatable bonds is 1. The molecule has 2 aliphatic heterocycles. The molecule has 1 aromatic rings. The van der Waals surface area contributed by atoms with Gasteiger partial charge in [0.1, 0.15) is 11.2 Å². The van der Waals surface area contributed by atoms with Gasteiger partial charge in [0.05, 0.1) is 6.04 Å². The molecule has 3 rings (SSSR count). The van der Waals surface area contributed by atoms with Crippen LogP contribution in [0.2, 0.25) is 0 Å². The zero-order valence-corrected chi connectivity index (χ0v) is 17.1. The van der Waals surface area contributed by atoms with Gasteiger partial charge in [0.2, 0.25) is 0 Å². The molecular formula is C21H30N2O4. The highest BCUT2D eigenvalue weighted by molar-refractivity contribution is 5.85. The zero-order valence-electron chi connectivity index (χ0n) is 17.1. The van der Waals surface area contributed by atoms with Crippen LogP contribution < -0.4 is 5.32 Å². The third-order valence-corrected chi connectivity index (χ3v) is 4.71. The molecule has 1 aromatic carbocycles. The summed E-state index contributed by atoms with van der Waals surface area (Å²) in [4.78, 5) is 26.7. The molecule has 0 radical (unpaired) electrons. The summed E-state index contributed by atoms with van der Waals surface area (Å²) in [6.45, 7) is 11.1. The van der Waals surface area contributed by atoms with Gasteiger partial charge in [0.25, 0.3) is 0 Å². The minimum atomic E-state index is -0.551. The molecule has 2 atom stereocenters. The van der Waals surface area contributed by atoms with Crippen molar-refractivity contribution in [2.75, 3.05) is 5.32 Å². The largest absolute Gasteiger partial charge is 0.444 e. The second kappa shape index (κ2) is 6.73. The van der Waals surface area contributed by atoms with Crippen molar-refractivity contribution in [3.63, 3.8) is 0 Å². The van der Waals surface area contributed by atoms with Crippen molar-refractivity contribution in [3.8, 4) is 0 Å². The summed E-state index contributed by atoms with van der Waals surface area (Å²) in [5, 5.41) is 2.79. The molecule has 2 amide bonds. The molecule has 2 bridgehead atoms. The fraction of sp³-hybridized carbons (Fsp3) is 0.619. The summed E-state index contributed by atoms with van der Waals surface area (Å²) in [5.41, 5.74) is 1.93. The molecule has 2 aliphatic rings. The molecule has 148 valence electrons. The Bertz CT molecular complexity index is 746. The summed E-state index contributed by atoms with van der Waals surface area (Å²) in [7, 11) is 0. The lowest BCUT2D eigenvalue weighted by atomic mass is 9.93. The number of fused-ring (bicyclic) bond motifs is 4. The Labute approximate surface area is 161 Å². The molecule has 0 saturated carbocycles. The minimum absolute atomic E-state index is 0.00557. The topological polar surface area (TPSA) is 67.9 Å². The lowest BCUT2D eigenvalue weighted by Gasteiger charge is -2.37. The molecule has 1 N–H and O–H groups in total. The van der Waals surface area contributed by atoms with E-state index in [2.05, 4.69) is 5.32 Å². The molecule has 0 aromatic heterocycles. The normalized spacial score (nSPS) is 21.5. The van der Waals surface area contributed by atoms with Gasteiger partial charge in [0, 0.05) is 11.7 Å². The predicted molar refractivity (Wildman–Crippen MR) is 104 cm³/mol. The van der Waals surface area contributed by atoms with Gasteiger partial charge in [-0.05, 0) is 84.1 Å². The first kappa shape index (κ1) is 19.5. The predicted octanol–water partition coefficient (Wildman–Crippen LogP) is 5.03. The molecule has 2 heterocycles. The minimum Gasteiger partial charge on any atom is -0.444 e. The van der Waals surface area contributed by atoms with Crippen LogP contribution in [0.15, 0.2) is 18.2 Å². The van der Waals surface area contributed by atoms with Gasteiger partial charge in [-0.2, -0.15) is 0 Å². The highest BCUT2D eigenvalue weighted by atomic mass is 16.6. The number of anilines is 1. The third-order valence-electron chi connectivity index (χ3n) is 4.71. The Morgan fingerprint density at radius 1 is 1.04 bits per heavy atom. The summed E-state index contributed by atoms with van der Waals surface area (Å²) in [5.74, 6) is 0. The highest BCUT2D eigenvalue weighted by Crippen LogP contribution is 2.45. The van der Waals surface area contributed by atoms with Crippen LogP contribution in [-0.4, -0.2) is 34.3 Å². The van der Waals surface area contributed by atoms with Gasteiger partial charge in [-0.3, -0.25) is 10.2 Å². The zero-order chi connectivity index (χ0) is 20.0. The van der Waals surface area contributed by atoms with E-state index < -0.39 is 17.3 Å². The Hall–Kier alpha value is -2.24. The van der Waals surface area contributed by atoms with Crippen molar-refractivity contribution >= 4 is 17.9 Å². The van der Waals surface area contributed by atoms with E-state index in [-0.39, 0.29) is 18.2 Å². The number of hydrogen-bond acceptors (Lipinski definition) is 4. The van der Waals surface area contributed by atoms with E-state index in [9.17, 15) is 9.59 Å². The van der Waals surface area contributed by atoms with E-state index in [1.165, 1.54) is 5.56 Å². The van der Waals surface area contributed by atoms with Gasteiger partial charge in [-0.25, -0.2) is 9.59 Å². The average Bonchev–Trinajstić information content (AvgIpc) is 2.80. The third kappa shape index (κ3) is 4.54. The van der Waals surface area contributed by atoms with E-state index in [1.807, 2.05) is 64.6 Å². The van der Waals surface area contributed by atoms with Crippen LogP contribution in [0, 0.1) is 0 Å². The van der Waals surface area contributed by atoms with Crippen LogP contribution in [0.3, 0.4) is 0 Å². The smallest absolute Gasteiger partial charge is 0.412 e. The van der Waals surface area contributed by atoms with E-state index in [1.54, 1.807) is 0 Å². The second-order valence-corrected chi connectivity index (χ2v) is 9.38. The molecule has 1 saturated heterocycles. The maximum absolute atomic E-state index is 12.7. The fourth-order valence-electron chi connectivity index (χ4n) is 3.82. The maximum atomic E-state index is 12.7. The number of nitrogens with one attached hydrogen (secondary N) is 1. The first-order chi connectivity index (χ1) is 12.4. The number of carbonyl (C=O) groups is 2. The van der Waals surface area contributed by atoms with Crippen molar-refractivity contribution in [1.82, 2.24) is 4.90 Å². The van der Waals surface area contributed by atoms with Crippen LogP contribution >= 0.6 is 0 Å². The standard InChI is InChI=1S/C21H30N2O4/c1-20(2,3)26-18(24)22-14-8-7-13-11-15-9-10-17(16(13)12-14)23(15)19(25)27-21(4,5)6/h7-8,12,15,17H,9-11H2,1-6H3,(H,22,24). The fourth-order valence-corrected chi connectivity index (χ4v) is 3.82. The quantitative estimate of drug-likeness (QED) is 0.748. The monoisotopic (exact) mass is 374 g/mol. The van der Waals surface area contributed by atoms with Crippen LogP contribution in [-0.2, 0) is 15.9 Å². The van der Waals surface area contributed by atoms with Gasteiger partial charge in [-0.15, -0.1) is 0 Å². The Balaban J connectivity index is 1.80. The SMILES string of the molecule is CC(C)(C)OC(=O)Nc1ccc2c(c1)C1CCC(C2)N1C(=O)OC(C)(C)C. The first-order valence-electron chi connectivity index (χ1n) is 9.57. The highest BCUT2D eigenvalue weighted by Gasteiger charge is 2.44. The van der Waals surface area contributed by atoms with Gasteiger partial charge < -0.3 is 9.47 Å². The number of ether oxygens (including phenoxy) is 2. The van der Waals surface area contributed by atoms with Crippen LogP contribution in [0.25, 0.3) is 0 Å². The van der Waals surface area contributed by atoms with Crippen LogP contribution in [0.5, 0.6) is 0 Å². The van der Waals surface area contributed by atoms with E-state index in [0.717, 1.165) is 24.8 Å². The summed E-state index contributed by atoms with van der Waals surface area (Å²) in [6.07, 6.45) is 1.95. The average molecular weight is 374 g/mol. The molecule has 27 heavy (non-hydrogen) atoms. The second-order valence-electron chi connectivity index (χ2n) is 9.38. The molecule has 6 nitrogen and oxygen atoms in total. The molecule has 6 heteroatoms. The molecule has 0 spiro atoms. The Morgan fingerprint density at radius 2 is 1.70 bits per heavy atom. The van der Waals surface area contributed by atoms with Crippen molar-refractivity contribution in [3.05, 3.63) is 29.3 Å². The summed E-state index contributed by atoms with van der Waals surface area (Å²) in [6, 6.07) is 6.07. The van der Waals surface area contributed by atoms with Crippen LogP contribution in [0.4, 0.5) is 15.3 Å². The van der Waals surface area contributed by atoms with E-state index in [4.69, 9.17) is 9.47 Å². The van der Waals surface area contributed by atoms with E-state index >= 15 is 0 Å². The van der Waals surface area contributed by atoms with Crippen molar-refractivity contribution < 1.29 is 19.1 Å². The van der Waals surface area contributed by atoms with Crippen LogP contribution in [0.1, 0.15) is 71.6 Å². The Morgan fingerprint density at radius 3 is 2.33 bits per heavy atom. The van der Waals surface area contributed by atoms with Gasteiger partial charge in [0.15, 0.2) is 0 Å². The molecular weight excluding hydrogens is 344 g/mol. The number of benzene rings is 1. The number of carbonyl (C=O) groups excluding carboxylic acids is 2. The van der Waals surface area contributed by atoms with Gasteiger partial charge >= 0.3 is 12.2 Å². The number of amides is 2. The molecule has 0 aliphatic carbocycles. The lowest BCUT2D eigenvalue weighted by molar-refractivity contribution is 0.0124. The maximum Gasteiger partial charge on any atom is 0.412 e. The first-order valence-corrected chi connectivity index (χ1v) is 9.57. The van der Waals surface area contributed by atoms with E-state index in [0.29, 0.717) is 5.69 Å². The molecule has 1 fully saturated rings. The summed E-state index contributed by atoms with van der Waals surface area (Å²) >= 11 is 0. The molecule has 2 unspecified atom stereocenters.